The Labute approximate surface area is 187 Å². The highest BCUT2D eigenvalue weighted by Gasteiger charge is 2.58. The van der Waals surface area contributed by atoms with Gasteiger partial charge in [-0.2, -0.15) is 0 Å². The van der Waals surface area contributed by atoms with E-state index in [1.807, 2.05) is 4.90 Å². The van der Waals surface area contributed by atoms with Gasteiger partial charge in [-0.1, -0.05) is 6.07 Å². The predicted octanol–water partition coefficient (Wildman–Crippen LogP) is 4.18. The smallest absolute Gasteiger partial charge is 0.317 e. The molecule has 1 aromatic carbocycles. The average Bonchev–Trinajstić information content (AvgIpc) is 3.34. The molecule has 1 N–H and O–H groups in total. The van der Waals surface area contributed by atoms with Crippen LogP contribution in [0.4, 0.5) is 13.6 Å². The molecule has 32 heavy (non-hydrogen) atoms. The summed E-state index contributed by atoms with van der Waals surface area (Å²) in [5.41, 5.74) is -0.414. The number of hydrogen-bond acceptors (Lipinski definition) is 2. The SMILES string of the molecule is O=C(NC12CC3CC(CC1C3)C2)N1CCC2(CCN(C(=O)c3c(F)cccc3F)CC2)C1. The number of halogens is 2. The van der Waals surface area contributed by atoms with E-state index in [9.17, 15) is 18.4 Å². The number of urea groups is 1. The van der Waals surface area contributed by atoms with Crippen molar-refractivity contribution in [1.29, 1.82) is 0 Å². The summed E-state index contributed by atoms with van der Waals surface area (Å²) in [7, 11) is 0. The fraction of sp³-hybridized carbons (Fsp3) is 0.680. The predicted molar refractivity (Wildman–Crippen MR) is 115 cm³/mol. The van der Waals surface area contributed by atoms with Crippen LogP contribution in [0, 0.1) is 34.8 Å². The topological polar surface area (TPSA) is 52.7 Å². The highest BCUT2D eigenvalue weighted by atomic mass is 19.1. The van der Waals surface area contributed by atoms with Gasteiger partial charge in [-0.05, 0) is 86.7 Å². The lowest BCUT2D eigenvalue weighted by atomic mass is 9.77. The first-order valence-corrected chi connectivity index (χ1v) is 12.2. The Balaban J connectivity index is 1.07. The second kappa shape index (κ2) is 7.16. The van der Waals surface area contributed by atoms with Gasteiger partial charge in [0.2, 0.25) is 0 Å². The number of nitrogens with zero attached hydrogens (tertiary/aromatic N) is 2. The number of benzene rings is 1. The highest BCUT2D eigenvalue weighted by molar-refractivity contribution is 5.94. The van der Waals surface area contributed by atoms with Gasteiger partial charge in [0.25, 0.3) is 5.91 Å². The normalized spacial score (nSPS) is 34.5. The number of carbonyl (C=O) groups is 2. The van der Waals surface area contributed by atoms with E-state index in [1.165, 1.54) is 25.3 Å². The van der Waals surface area contributed by atoms with Crippen molar-refractivity contribution in [2.45, 2.75) is 56.9 Å². The lowest BCUT2D eigenvalue weighted by molar-refractivity contribution is 0.0583. The third-order valence-electron chi connectivity index (χ3n) is 9.36. The Hall–Kier alpha value is -2.18. The maximum atomic E-state index is 14.0. The van der Waals surface area contributed by atoms with Crippen molar-refractivity contribution < 1.29 is 18.4 Å². The van der Waals surface area contributed by atoms with E-state index >= 15 is 0 Å². The van der Waals surface area contributed by atoms with Gasteiger partial charge in [-0.15, -0.1) is 0 Å². The Kier molecular flexibility index (Phi) is 4.57. The van der Waals surface area contributed by atoms with Gasteiger partial charge >= 0.3 is 6.03 Å². The van der Waals surface area contributed by atoms with Gasteiger partial charge < -0.3 is 15.1 Å². The molecule has 7 heteroatoms. The minimum Gasteiger partial charge on any atom is -0.338 e. The van der Waals surface area contributed by atoms with E-state index in [0.717, 1.165) is 62.6 Å². The molecule has 7 rings (SSSR count). The van der Waals surface area contributed by atoms with Crippen molar-refractivity contribution >= 4 is 11.9 Å². The summed E-state index contributed by atoms with van der Waals surface area (Å²) in [6, 6.07) is 3.60. The van der Waals surface area contributed by atoms with Crippen LogP contribution in [-0.4, -0.2) is 53.5 Å². The maximum absolute atomic E-state index is 14.0. The van der Waals surface area contributed by atoms with Crippen molar-refractivity contribution in [1.82, 2.24) is 15.1 Å². The highest BCUT2D eigenvalue weighted by Crippen LogP contribution is 2.60. The van der Waals surface area contributed by atoms with Crippen LogP contribution in [0.2, 0.25) is 0 Å². The van der Waals surface area contributed by atoms with Crippen molar-refractivity contribution in [2.75, 3.05) is 26.2 Å². The summed E-state index contributed by atoms with van der Waals surface area (Å²) in [5.74, 6) is 0.0769. The summed E-state index contributed by atoms with van der Waals surface area (Å²) < 4.78 is 28.1. The zero-order valence-corrected chi connectivity index (χ0v) is 18.4. The summed E-state index contributed by atoms with van der Waals surface area (Å²) in [4.78, 5) is 29.4. The molecule has 1 aromatic rings. The molecular formula is C25H31F2N3O2. The first kappa shape index (κ1) is 20.4. The molecule has 1 spiro atoms. The number of rotatable bonds is 2. The molecule has 2 saturated heterocycles. The molecule has 6 aliphatic rings. The standard InChI is InChI=1S/C25H31F2N3O2/c26-19-2-1-3-20(27)21(19)22(31)29-7-4-24(5-8-29)6-9-30(15-24)23(32)28-25-13-16-10-17(14-25)12-18(25)11-16/h1-3,16-18H,4-15H2,(H,28,32). The summed E-state index contributed by atoms with van der Waals surface area (Å²) >= 11 is 0. The van der Waals surface area contributed by atoms with Crippen LogP contribution >= 0.6 is 0 Å². The van der Waals surface area contributed by atoms with Crippen LogP contribution < -0.4 is 5.32 Å². The molecule has 6 fully saturated rings. The number of nitrogens with one attached hydrogen (secondary N) is 1. The number of amides is 3. The largest absolute Gasteiger partial charge is 0.338 e. The number of likely N-dealkylation sites (tertiary alicyclic amines) is 2. The van der Waals surface area contributed by atoms with E-state index in [0.29, 0.717) is 25.6 Å². The van der Waals surface area contributed by atoms with Gasteiger partial charge in [0, 0.05) is 31.7 Å². The van der Waals surface area contributed by atoms with Crippen molar-refractivity contribution in [2.24, 2.45) is 23.2 Å². The molecule has 0 radical (unpaired) electrons. The molecule has 4 aliphatic carbocycles. The van der Waals surface area contributed by atoms with Crippen molar-refractivity contribution in [3.8, 4) is 0 Å². The summed E-state index contributed by atoms with van der Waals surface area (Å²) in [5, 5.41) is 3.48. The fourth-order valence-corrected chi connectivity index (χ4v) is 7.85. The maximum Gasteiger partial charge on any atom is 0.317 e. The van der Waals surface area contributed by atoms with Gasteiger partial charge in [-0.3, -0.25) is 4.79 Å². The van der Waals surface area contributed by atoms with Gasteiger partial charge in [0.05, 0.1) is 0 Å². The third-order valence-corrected chi connectivity index (χ3v) is 9.36. The second-order valence-electron chi connectivity index (χ2n) is 11.2. The minimum atomic E-state index is -0.812. The summed E-state index contributed by atoms with van der Waals surface area (Å²) in [6.07, 6.45) is 8.68. The molecule has 2 aliphatic heterocycles. The van der Waals surface area contributed by atoms with Crippen molar-refractivity contribution in [3.05, 3.63) is 35.4 Å². The molecule has 172 valence electrons. The Morgan fingerprint density at radius 3 is 2.12 bits per heavy atom. The van der Waals surface area contributed by atoms with Crippen LogP contribution in [0.1, 0.15) is 61.7 Å². The average molecular weight is 444 g/mol. The first-order chi connectivity index (χ1) is 15.4. The van der Waals surface area contributed by atoms with Crippen LogP contribution in [0.25, 0.3) is 0 Å². The molecule has 3 amide bonds. The Morgan fingerprint density at radius 2 is 1.50 bits per heavy atom. The Morgan fingerprint density at radius 1 is 0.906 bits per heavy atom. The van der Waals surface area contributed by atoms with Gasteiger partial charge in [-0.25, -0.2) is 13.6 Å². The third kappa shape index (κ3) is 3.14. The van der Waals surface area contributed by atoms with Crippen molar-refractivity contribution in [3.63, 3.8) is 0 Å². The van der Waals surface area contributed by atoms with Gasteiger partial charge in [0.1, 0.15) is 17.2 Å². The molecule has 5 nitrogen and oxygen atoms in total. The van der Waals surface area contributed by atoms with E-state index < -0.39 is 23.1 Å². The number of piperidine rings is 1. The molecule has 2 heterocycles. The second-order valence-corrected chi connectivity index (χ2v) is 11.2. The molecule has 0 aromatic heterocycles. The zero-order chi connectivity index (χ0) is 22.1. The quantitative estimate of drug-likeness (QED) is 0.746. The molecule has 4 bridgehead atoms. The molecular weight excluding hydrogens is 412 g/mol. The first-order valence-electron chi connectivity index (χ1n) is 12.2. The van der Waals surface area contributed by atoms with Crippen LogP contribution in [-0.2, 0) is 0 Å². The van der Waals surface area contributed by atoms with Crippen LogP contribution in [0.5, 0.6) is 0 Å². The molecule has 2 atom stereocenters. The molecule has 2 unspecified atom stereocenters. The fourth-order valence-electron chi connectivity index (χ4n) is 7.85. The minimum absolute atomic E-state index is 0.00640. The van der Waals surface area contributed by atoms with Gasteiger partial charge in [0.15, 0.2) is 0 Å². The van der Waals surface area contributed by atoms with E-state index in [2.05, 4.69) is 5.32 Å². The lowest BCUT2D eigenvalue weighted by Crippen LogP contribution is -2.54. The Bertz CT molecular complexity index is 924. The number of carbonyl (C=O) groups excluding carboxylic acids is 2. The van der Waals surface area contributed by atoms with Crippen LogP contribution in [0.15, 0.2) is 18.2 Å². The van der Waals surface area contributed by atoms with E-state index in [1.54, 1.807) is 4.90 Å². The number of hydrogen-bond donors (Lipinski definition) is 1. The van der Waals surface area contributed by atoms with Crippen LogP contribution in [0.3, 0.4) is 0 Å². The zero-order valence-electron chi connectivity index (χ0n) is 18.4. The van der Waals surface area contributed by atoms with E-state index in [4.69, 9.17) is 0 Å². The monoisotopic (exact) mass is 443 g/mol. The van der Waals surface area contributed by atoms with E-state index in [-0.39, 0.29) is 17.0 Å². The molecule has 4 saturated carbocycles. The summed E-state index contributed by atoms with van der Waals surface area (Å²) in [6.45, 7) is 2.40. The lowest BCUT2D eigenvalue weighted by Gasteiger charge is -2.40.